The van der Waals surface area contributed by atoms with Gasteiger partial charge in [-0.2, -0.15) is 0 Å². The zero-order valence-electron chi connectivity index (χ0n) is 23.9. The molecule has 1 N–H and O–H groups in total. The Balaban J connectivity index is 2.09. The first-order valence-electron chi connectivity index (χ1n) is 13.3. The fraction of sp³-hybridized carbons (Fsp3) is 0.355. The molecule has 1 atom stereocenters. The molecule has 214 valence electrons. The molecule has 0 aliphatic heterocycles. The molecule has 0 radical (unpaired) electrons. The molecule has 7 nitrogen and oxygen atoms in total. The first-order chi connectivity index (χ1) is 18.7. The normalized spacial score (nSPS) is 12.5. The molecule has 0 spiro atoms. The van der Waals surface area contributed by atoms with Crippen molar-refractivity contribution in [2.45, 2.75) is 71.0 Å². The minimum absolute atomic E-state index is 0.0328. The maximum absolute atomic E-state index is 14.1. The molecular formula is C31H38ClN3O4S. The Morgan fingerprint density at radius 1 is 0.925 bits per heavy atom. The summed E-state index contributed by atoms with van der Waals surface area (Å²) in [4.78, 5) is 28.8. The van der Waals surface area contributed by atoms with Gasteiger partial charge >= 0.3 is 0 Å². The molecule has 0 aliphatic rings. The molecule has 0 saturated carbocycles. The number of para-hydroxylation sites is 1. The highest BCUT2D eigenvalue weighted by atomic mass is 35.5. The third-order valence-electron chi connectivity index (χ3n) is 6.49. The lowest BCUT2D eigenvalue weighted by molar-refractivity contribution is -0.140. The van der Waals surface area contributed by atoms with E-state index < -0.39 is 34.1 Å². The number of aryl methyl sites for hydroxylation is 2. The van der Waals surface area contributed by atoms with Crippen molar-refractivity contribution in [2.75, 3.05) is 10.8 Å². The molecule has 3 aromatic carbocycles. The minimum Gasteiger partial charge on any atom is -0.350 e. The topological polar surface area (TPSA) is 86.8 Å². The van der Waals surface area contributed by atoms with Crippen LogP contribution in [0.3, 0.4) is 0 Å². The van der Waals surface area contributed by atoms with E-state index in [1.165, 1.54) is 17.0 Å². The first kappa shape index (κ1) is 31.2. The lowest BCUT2D eigenvalue weighted by Gasteiger charge is -2.34. The predicted molar refractivity (Wildman–Crippen MR) is 161 cm³/mol. The summed E-state index contributed by atoms with van der Waals surface area (Å²) in [6.45, 7) is 10.5. The van der Waals surface area contributed by atoms with E-state index in [1.54, 1.807) is 55.5 Å². The highest BCUT2D eigenvalue weighted by Crippen LogP contribution is 2.29. The summed E-state index contributed by atoms with van der Waals surface area (Å²) < 4.78 is 29.2. The van der Waals surface area contributed by atoms with Crippen LogP contribution in [0, 0.1) is 6.92 Å². The Morgan fingerprint density at radius 3 is 2.08 bits per heavy atom. The highest BCUT2D eigenvalue weighted by Gasteiger charge is 2.34. The van der Waals surface area contributed by atoms with Gasteiger partial charge in [0.15, 0.2) is 0 Å². The number of nitrogens with zero attached hydrogens (tertiary/aromatic N) is 2. The van der Waals surface area contributed by atoms with Gasteiger partial charge in [-0.15, -0.1) is 0 Å². The van der Waals surface area contributed by atoms with Gasteiger partial charge in [-0.05, 0) is 76.4 Å². The van der Waals surface area contributed by atoms with Crippen molar-refractivity contribution in [3.8, 4) is 0 Å². The van der Waals surface area contributed by atoms with Crippen molar-refractivity contribution in [1.29, 1.82) is 0 Å². The van der Waals surface area contributed by atoms with Crippen LogP contribution in [-0.2, 0) is 32.6 Å². The maximum atomic E-state index is 14.1. The van der Waals surface area contributed by atoms with Crippen LogP contribution in [0.5, 0.6) is 0 Å². The number of hydrogen-bond acceptors (Lipinski definition) is 4. The van der Waals surface area contributed by atoms with E-state index in [1.807, 2.05) is 46.8 Å². The third-order valence-corrected chi connectivity index (χ3v) is 8.64. The number of benzene rings is 3. The number of hydrogen-bond donors (Lipinski definition) is 1. The van der Waals surface area contributed by atoms with E-state index in [0.29, 0.717) is 22.7 Å². The summed E-state index contributed by atoms with van der Waals surface area (Å²) in [5.74, 6) is -0.882. The molecule has 0 aromatic heterocycles. The summed E-state index contributed by atoms with van der Waals surface area (Å²) in [5, 5.41) is 3.37. The molecule has 0 heterocycles. The van der Waals surface area contributed by atoms with Gasteiger partial charge < -0.3 is 10.2 Å². The summed E-state index contributed by atoms with van der Waals surface area (Å²) in [5.41, 5.74) is 2.24. The molecule has 0 saturated heterocycles. The quantitative estimate of drug-likeness (QED) is 0.330. The highest BCUT2D eigenvalue weighted by molar-refractivity contribution is 7.92. The number of carbonyl (C=O) groups is 2. The number of sulfonamides is 1. The van der Waals surface area contributed by atoms with Crippen LogP contribution in [0.1, 0.15) is 51.3 Å². The lowest BCUT2D eigenvalue weighted by atomic mass is 10.1. The van der Waals surface area contributed by atoms with Crippen LogP contribution in [0.4, 0.5) is 5.69 Å². The van der Waals surface area contributed by atoms with Crippen molar-refractivity contribution >= 4 is 39.1 Å². The Morgan fingerprint density at radius 2 is 1.50 bits per heavy atom. The molecule has 0 unspecified atom stereocenters. The Hall–Kier alpha value is -3.36. The van der Waals surface area contributed by atoms with Gasteiger partial charge in [-0.1, -0.05) is 72.6 Å². The SMILES string of the molecule is CCc1ccccc1N(CC(=O)N(Cc1ccccc1Cl)[C@@H](C)C(=O)NC(C)(C)C)S(=O)(=O)c1ccc(C)cc1. The molecule has 2 amide bonds. The van der Waals surface area contributed by atoms with E-state index in [4.69, 9.17) is 11.6 Å². The van der Waals surface area contributed by atoms with Gasteiger partial charge in [0.2, 0.25) is 11.8 Å². The second kappa shape index (κ2) is 12.9. The monoisotopic (exact) mass is 583 g/mol. The predicted octanol–water partition coefficient (Wildman–Crippen LogP) is 5.74. The van der Waals surface area contributed by atoms with Gasteiger partial charge in [0.25, 0.3) is 10.0 Å². The first-order valence-corrected chi connectivity index (χ1v) is 15.1. The van der Waals surface area contributed by atoms with E-state index in [-0.39, 0.29) is 17.3 Å². The van der Waals surface area contributed by atoms with Crippen molar-refractivity contribution in [1.82, 2.24) is 10.2 Å². The number of amides is 2. The van der Waals surface area contributed by atoms with Crippen LogP contribution in [-0.4, -0.2) is 43.3 Å². The Bertz CT molecular complexity index is 1450. The molecule has 3 aromatic rings. The van der Waals surface area contributed by atoms with E-state index in [9.17, 15) is 18.0 Å². The number of rotatable bonds is 10. The van der Waals surface area contributed by atoms with Crippen LogP contribution < -0.4 is 9.62 Å². The molecule has 0 fully saturated rings. The van der Waals surface area contributed by atoms with Crippen molar-refractivity contribution in [3.63, 3.8) is 0 Å². The fourth-order valence-corrected chi connectivity index (χ4v) is 5.92. The van der Waals surface area contributed by atoms with Gasteiger partial charge in [-0.25, -0.2) is 8.42 Å². The van der Waals surface area contributed by atoms with E-state index in [2.05, 4.69) is 5.32 Å². The average Bonchev–Trinajstić information content (AvgIpc) is 2.90. The number of carbonyl (C=O) groups excluding carboxylic acids is 2. The van der Waals surface area contributed by atoms with Crippen LogP contribution in [0.2, 0.25) is 5.02 Å². The summed E-state index contributed by atoms with van der Waals surface area (Å²) in [6.07, 6.45) is 0.567. The second-order valence-electron chi connectivity index (χ2n) is 10.8. The van der Waals surface area contributed by atoms with Crippen LogP contribution in [0.15, 0.2) is 77.7 Å². The van der Waals surface area contributed by atoms with E-state index >= 15 is 0 Å². The molecule has 3 rings (SSSR count). The van der Waals surface area contributed by atoms with Crippen molar-refractivity contribution < 1.29 is 18.0 Å². The summed E-state index contributed by atoms with van der Waals surface area (Å²) in [7, 11) is -4.13. The number of nitrogens with one attached hydrogen (secondary N) is 1. The zero-order valence-corrected chi connectivity index (χ0v) is 25.5. The largest absolute Gasteiger partial charge is 0.350 e. The number of anilines is 1. The van der Waals surface area contributed by atoms with Gasteiger partial charge in [0.05, 0.1) is 10.6 Å². The molecule has 9 heteroatoms. The van der Waals surface area contributed by atoms with Crippen molar-refractivity contribution in [2.24, 2.45) is 0 Å². The fourth-order valence-electron chi connectivity index (χ4n) is 4.27. The molecular weight excluding hydrogens is 546 g/mol. The van der Waals surface area contributed by atoms with Gasteiger partial charge in [-0.3, -0.25) is 13.9 Å². The average molecular weight is 584 g/mol. The Kier molecular flexibility index (Phi) is 10.0. The lowest BCUT2D eigenvalue weighted by Crippen LogP contribution is -2.54. The smallest absolute Gasteiger partial charge is 0.264 e. The molecule has 0 bridgehead atoms. The van der Waals surface area contributed by atoms with Gasteiger partial charge in [0.1, 0.15) is 12.6 Å². The second-order valence-corrected chi connectivity index (χ2v) is 13.1. The standard InChI is InChI=1S/C31H38ClN3O4S/c1-7-24-12-9-11-15-28(24)35(40(38,39)26-18-16-22(2)17-19-26)21-29(36)34(20-25-13-8-10-14-27(25)32)23(3)30(37)33-31(4,5)6/h8-19,23H,7,20-21H2,1-6H3,(H,33,37)/t23-/m0/s1. The zero-order chi connectivity index (χ0) is 29.7. The van der Waals surface area contributed by atoms with E-state index in [0.717, 1.165) is 15.4 Å². The van der Waals surface area contributed by atoms with Crippen LogP contribution >= 0.6 is 11.6 Å². The summed E-state index contributed by atoms with van der Waals surface area (Å²) in [6, 6.07) is 19.8. The van der Waals surface area contributed by atoms with Gasteiger partial charge in [0, 0.05) is 17.1 Å². The maximum Gasteiger partial charge on any atom is 0.264 e. The van der Waals surface area contributed by atoms with Crippen LogP contribution in [0.25, 0.3) is 0 Å². The minimum atomic E-state index is -4.13. The Labute approximate surface area is 243 Å². The third kappa shape index (κ3) is 7.64. The molecule has 0 aliphatic carbocycles. The number of halogens is 1. The van der Waals surface area contributed by atoms with Crippen molar-refractivity contribution in [3.05, 3.63) is 94.5 Å². The molecule has 40 heavy (non-hydrogen) atoms. The summed E-state index contributed by atoms with van der Waals surface area (Å²) >= 11 is 6.43.